The fourth-order valence-corrected chi connectivity index (χ4v) is 5.42. The molecule has 0 spiro atoms. The maximum absolute atomic E-state index is 12.7. The van der Waals surface area contributed by atoms with E-state index >= 15 is 0 Å². The average Bonchev–Trinajstić information content (AvgIpc) is 3.27. The standard InChI is InChI=1S/C20H15Cl2N3OS2/c1-2-27-20-24-19(26)18(28-20)15(8-12-3-5-14(21)9-16(12)22)11-4-6-17-13(7-11)10-23-25-17/h3-7,9-10H,2,8H2,1H3,(H,23,25). The molecule has 0 radical (unpaired) electrons. The summed E-state index contributed by atoms with van der Waals surface area (Å²) in [5.74, 6) is 0.666. The number of aliphatic imine (C=N–C) groups is 1. The number of carbonyl (C=O) groups excluding carboxylic acids is 1. The van der Waals surface area contributed by atoms with E-state index in [-0.39, 0.29) is 5.91 Å². The van der Waals surface area contributed by atoms with Crippen LogP contribution in [-0.4, -0.2) is 26.2 Å². The highest BCUT2D eigenvalue weighted by atomic mass is 35.5. The highest BCUT2D eigenvalue weighted by Crippen LogP contribution is 2.40. The minimum Gasteiger partial charge on any atom is -0.278 e. The number of hydrogen-bond acceptors (Lipinski definition) is 4. The summed E-state index contributed by atoms with van der Waals surface area (Å²) in [5.41, 5.74) is 3.71. The molecule has 0 atom stereocenters. The summed E-state index contributed by atoms with van der Waals surface area (Å²) < 4.78 is 0.784. The van der Waals surface area contributed by atoms with Crippen molar-refractivity contribution in [1.29, 1.82) is 0 Å². The fourth-order valence-electron chi connectivity index (χ4n) is 2.96. The van der Waals surface area contributed by atoms with Crippen LogP contribution >= 0.6 is 46.7 Å². The zero-order valence-electron chi connectivity index (χ0n) is 14.8. The van der Waals surface area contributed by atoms with Gasteiger partial charge in [-0.25, -0.2) is 0 Å². The maximum atomic E-state index is 12.7. The quantitative estimate of drug-likeness (QED) is 0.483. The molecule has 1 aromatic heterocycles. The Bertz CT molecular complexity index is 1140. The number of halogens is 2. The third-order valence-corrected chi connectivity index (χ3v) is 7.00. The largest absolute Gasteiger partial charge is 0.285 e. The Morgan fingerprint density at radius 1 is 1.21 bits per heavy atom. The zero-order valence-corrected chi connectivity index (χ0v) is 18.0. The lowest BCUT2D eigenvalue weighted by molar-refractivity contribution is -0.113. The van der Waals surface area contributed by atoms with E-state index in [1.165, 1.54) is 11.8 Å². The lowest BCUT2D eigenvalue weighted by Gasteiger charge is -2.13. The number of amides is 1. The maximum Gasteiger partial charge on any atom is 0.285 e. The fraction of sp³-hybridized carbons (Fsp3) is 0.150. The van der Waals surface area contributed by atoms with Gasteiger partial charge in [0, 0.05) is 21.9 Å². The van der Waals surface area contributed by atoms with Crippen molar-refractivity contribution in [2.75, 3.05) is 5.75 Å². The number of hydrogen-bond donors (Lipinski definition) is 1. The van der Waals surface area contributed by atoms with Gasteiger partial charge < -0.3 is 0 Å². The highest BCUT2D eigenvalue weighted by Gasteiger charge is 2.27. The second kappa shape index (κ2) is 8.33. The van der Waals surface area contributed by atoms with Crippen LogP contribution in [0, 0.1) is 0 Å². The van der Waals surface area contributed by atoms with Gasteiger partial charge in [-0.3, -0.25) is 9.89 Å². The van der Waals surface area contributed by atoms with Gasteiger partial charge in [-0.15, -0.1) is 0 Å². The number of rotatable bonds is 4. The van der Waals surface area contributed by atoms with E-state index in [2.05, 4.69) is 15.2 Å². The number of fused-ring (bicyclic) bond motifs is 1. The summed E-state index contributed by atoms with van der Waals surface area (Å²) in [6.45, 7) is 2.04. The molecule has 0 fully saturated rings. The van der Waals surface area contributed by atoms with Crippen molar-refractivity contribution in [2.24, 2.45) is 4.99 Å². The first-order valence-electron chi connectivity index (χ1n) is 8.59. The molecule has 142 valence electrons. The SMILES string of the molecule is CCSC1=NC(=O)C(=C(Cc2ccc(Cl)cc2Cl)c2ccc3[nH]ncc3c2)S1. The Hall–Kier alpha value is -1.73. The van der Waals surface area contributed by atoms with Crippen LogP contribution in [0.15, 0.2) is 52.5 Å². The van der Waals surface area contributed by atoms with Crippen molar-refractivity contribution in [2.45, 2.75) is 13.3 Å². The number of aromatic nitrogens is 2. The Balaban J connectivity index is 1.81. The lowest BCUT2D eigenvalue weighted by Crippen LogP contribution is -2.00. The first kappa shape index (κ1) is 19.6. The molecule has 2 aromatic carbocycles. The van der Waals surface area contributed by atoms with Gasteiger partial charge in [0.1, 0.15) is 4.38 Å². The van der Waals surface area contributed by atoms with Gasteiger partial charge in [-0.1, -0.05) is 65.8 Å². The average molecular weight is 448 g/mol. The number of nitrogens with zero attached hydrogens (tertiary/aromatic N) is 2. The number of benzene rings is 2. The summed E-state index contributed by atoms with van der Waals surface area (Å²) in [4.78, 5) is 17.5. The molecule has 0 unspecified atom stereocenters. The molecule has 4 nitrogen and oxygen atoms in total. The second-order valence-corrected chi connectivity index (χ2v) is 9.46. The molecule has 3 aromatic rings. The van der Waals surface area contributed by atoms with Crippen LogP contribution in [0.3, 0.4) is 0 Å². The van der Waals surface area contributed by atoms with Gasteiger partial charge in [0.2, 0.25) is 0 Å². The number of H-pyrrole nitrogens is 1. The first-order chi connectivity index (χ1) is 13.5. The van der Waals surface area contributed by atoms with Crippen LogP contribution in [0.1, 0.15) is 18.1 Å². The van der Waals surface area contributed by atoms with Gasteiger partial charge in [0.05, 0.1) is 16.6 Å². The van der Waals surface area contributed by atoms with Gasteiger partial charge in [-0.05, 0) is 46.7 Å². The predicted molar refractivity (Wildman–Crippen MR) is 121 cm³/mol. The summed E-state index contributed by atoms with van der Waals surface area (Å²) in [6, 6.07) is 11.4. The van der Waals surface area contributed by atoms with Gasteiger partial charge in [0.15, 0.2) is 0 Å². The normalized spacial score (nSPS) is 16.0. The van der Waals surface area contributed by atoms with Crippen molar-refractivity contribution in [1.82, 2.24) is 10.2 Å². The van der Waals surface area contributed by atoms with E-state index in [9.17, 15) is 4.79 Å². The minimum absolute atomic E-state index is 0.201. The topological polar surface area (TPSA) is 58.1 Å². The van der Waals surface area contributed by atoms with E-state index in [1.807, 2.05) is 37.3 Å². The number of aromatic amines is 1. The van der Waals surface area contributed by atoms with Crippen molar-refractivity contribution < 1.29 is 4.79 Å². The molecule has 8 heteroatoms. The van der Waals surface area contributed by atoms with Crippen LogP contribution in [0.2, 0.25) is 10.0 Å². The van der Waals surface area contributed by atoms with Crippen LogP contribution in [0.25, 0.3) is 16.5 Å². The Morgan fingerprint density at radius 2 is 2.07 bits per heavy atom. The molecule has 1 amide bonds. The van der Waals surface area contributed by atoms with Crippen molar-refractivity contribution >= 4 is 73.5 Å². The molecule has 1 N–H and O–H groups in total. The zero-order chi connectivity index (χ0) is 19.7. The third-order valence-electron chi connectivity index (χ3n) is 4.29. The smallest absolute Gasteiger partial charge is 0.278 e. The predicted octanol–water partition coefficient (Wildman–Crippen LogP) is 6.21. The number of carbonyl (C=O) groups is 1. The summed E-state index contributed by atoms with van der Waals surface area (Å²) in [5, 5.41) is 9.18. The molecule has 0 saturated heterocycles. The number of allylic oxidation sites excluding steroid dienone is 1. The van der Waals surface area contributed by atoms with Crippen LogP contribution in [0.5, 0.6) is 0 Å². The van der Waals surface area contributed by atoms with Crippen molar-refractivity contribution in [3.05, 3.63) is 68.7 Å². The molecular formula is C20H15Cl2N3OS2. The lowest BCUT2D eigenvalue weighted by atomic mass is 9.96. The van der Waals surface area contributed by atoms with E-state index in [4.69, 9.17) is 23.2 Å². The molecule has 2 heterocycles. The Morgan fingerprint density at radius 3 is 2.86 bits per heavy atom. The molecule has 0 bridgehead atoms. The number of thioether (sulfide) groups is 2. The number of nitrogens with one attached hydrogen (secondary N) is 1. The molecular weight excluding hydrogens is 433 g/mol. The van der Waals surface area contributed by atoms with Gasteiger partial charge >= 0.3 is 0 Å². The van der Waals surface area contributed by atoms with E-state index in [0.717, 1.165) is 37.7 Å². The molecule has 1 aliphatic heterocycles. The molecule has 0 aliphatic carbocycles. The van der Waals surface area contributed by atoms with E-state index < -0.39 is 0 Å². The second-order valence-electron chi connectivity index (χ2n) is 6.11. The van der Waals surface area contributed by atoms with Gasteiger partial charge in [-0.2, -0.15) is 10.1 Å². The Labute approximate surface area is 180 Å². The first-order valence-corrected chi connectivity index (χ1v) is 11.1. The van der Waals surface area contributed by atoms with Crippen molar-refractivity contribution in [3.8, 4) is 0 Å². The van der Waals surface area contributed by atoms with Crippen LogP contribution in [0.4, 0.5) is 0 Å². The molecule has 28 heavy (non-hydrogen) atoms. The summed E-state index contributed by atoms with van der Waals surface area (Å²) in [6.07, 6.45) is 2.28. The third kappa shape index (κ3) is 4.01. The highest BCUT2D eigenvalue weighted by molar-refractivity contribution is 8.41. The Kier molecular flexibility index (Phi) is 5.83. The summed E-state index contributed by atoms with van der Waals surface area (Å²) >= 11 is 15.5. The molecule has 1 aliphatic rings. The van der Waals surface area contributed by atoms with Crippen LogP contribution < -0.4 is 0 Å². The monoisotopic (exact) mass is 447 g/mol. The summed E-state index contributed by atoms with van der Waals surface area (Å²) in [7, 11) is 0. The molecule has 0 saturated carbocycles. The minimum atomic E-state index is -0.201. The van der Waals surface area contributed by atoms with E-state index in [1.54, 1.807) is 24.0 Å². The van der Waals surface area contributed by atoms with Crippen molar-refractivity contribution in [3.63, 3.8) is 0 Å². The van der Waals surface area contributed by atoms with Crippen LogP contribution in [-0.2, 0) is 11.2 Å². The van der Waals surface area contributed by atoms with Gasteiger partial charge in [0.25, 0.3) is 5.91 Å². The van der Waals surface area contributed by atoms with E-state index in [0.29, 0.717) is 21.4 Å². The molecule has 4 rings (SSSR count).